The molecule has 1 aliphatic carbocycles. The summed E-state index contributed by atoms with van der Waals surface area (Å²) in [5.74, 6) is 0.213. The van der Waals surface area contributed by atoms with Crippen LogP contribution in [0.2, 0.25) is 5.02 Å². The topological polar surface area (TPSA) is 55.1 Å². The SMILES string of the molecule is Nc1ccc(NC(=O)C2CCCCCC2)c(Cl)c1. The van der Waals surface area contributed by atoms with E-state index in [2.05, 4.69) is 5.32 Å². The van der Waals surface area contributed by atoms with E-state index in [0.717, 1.165) is 25.7 Å². The normalized spacial score (nSPS) is 17.2. The van der Waals surface area contributed by atoms with Crippen LogP contribution in [0.25, 0.3) is 0 Å². The van der Waals surface area contributed by atoms with Gasteiger partial charge < -0.3 is 11.1 Å². The molecule has 0 aliphatic heterocycles. The second-order valence-corrected chi connectivity index (χ2v) is 5.32. The third kappa shape index (κ3) is 3.39. The lowest BCUT2D eigenvalue weighted by Gasteiger charge is -2.15. The Morgan fingerprint density at radius 3 is 2.50 bits per heavy atom. The lowest BCUT2D eigenvalue weighted by Crippen LogP contribution is -2.22. The molecule has 4 heteroatoms. The van der Waals surface area contributed by atoms with E-state index in [4.69, 9.17) is 17.3 Å². The molecule has 0 aromatic heterocycles. The first-order valence-corrected chi connectivity index (χ1v) is 6.90. The first-order chi connectivity index (χ1) is 8.66. The molecule has 0 unspecified atom stereocenters. The van der Waals surface area contributed by atoms with Crippen LogP contribution in [0, 0.1) is 5.92 Å². The minimum Gasteiger partial charge on any atom is -0.399 e. The molecule has 3 N–H and O–H groups in total. The van der Waals surface area contributed by atoms with Gasteiger partial charge in [0.25, 0.3) is 0 Å². The van der Waals surface area contributed by atoms with E-state index in [0.29, 0.717) is 16.4 Å². The molecule has 0 saturated heterocycles. The predicted octanol–water partition coefficient (Wildman–Crippen LogP) is 3.83. The Morgan fingerprint density at radius 2 is 1.89 bits per heavy atom. The summed E-state index contributed by atoms with van der Waals surface area (Å²) in [5.41, 5.74) is 6.88. The van der Waals surface area contributed by atoms with Crippen molar-refractivity contribution in [2.45, 2.75) is 38.5 Å². The van der Waals surface area contributed by atoms with E-state index in [-0.39, 0.29) is 11.8 Å². The highest BCUT2D eigenvalue weighted by Gasteiger charge is 2.20. The molecule has 1 amide bonds. The maximum atomic E-state index is 12.2. The number of benzene rings is 1. The number of amides is 1. The average Bonchev–Trinajstić information content (AvgIpc) is 2.61. The number of nitrogen functional groups attached to an aromatic ring is 1. The van der Waals surface area contributed by atoms with E-state index in [1.165, 1.54) is 12.8 Å². The zero-order chi connectivity index (χ0) is 13.0. The number of anilines is 2. The van der Waals surface area contributed by atoms with Crippen molar-refractivity contribution in [1.82, 2.24) is 0 Å². The Balaban J connectivity index is 2.01. The Hall–Kier alpha value is -1.22. The summed E-state index contributed by atoms with van der Waals surface area (Å²) in [5, 5.41) is 3.41. The van der Waals surface area contributed by atoms with Gasteiger partial charge in [-0.3, -0.25) is 4.79 Å². The van der Waals surface area contributed by atoms with Gasteiger partial charge in [-0.1, -0.05) is 37.3 Å². The van der Waals surface area contributed by atoms with Crippen molar-refractivity contribution >= 4 is 28.9 Å². The average molecular weight is 267 g/mol. The Labute approximate surface area is 113 Å². The summed E-state index contributed by atoms with van der Waals surface area (Å²) in [4.78, 5) is 12.2. The molecule has 0 atom stereocenters. The molecule has 1 saturated carbocycles. The van der Waals surface area contributed by atoms with Crippen LogP contribution in [0.3, 0.4) is 0 Å². The van der Waals surface area contributed by atoms with Crippen molar-refractivity contribution in [3.05, 3.63) is 23.2 Å². The smallest absolute Gasteiger partial charge is 0.227 e. The molecule has 3 nitrogen and oxygen atoms in total. The quantitative estimate of drug-likeness (QED) is 0.631. The highest BCUT2D eigenvalue weighted by molar-refractivity contribution is 6.34. The molecule has 1 fully saturated rings. The van der Waals surface area contributed by atoms with Gasteiger partial charge in [0.1, 0.15) is 0 Å². The second-order valence-electron chi connectivity index (χ2n) is 4.92. The molecule has 0 bridgehead atoms. The van der Waals surface area contributed by atoms with Crippen molar-refractivity contribution in [3.8, 4) is 0 Å². The van der Waals surface area contributed by atoms with Crippen molar-refractivity contribution in [3.63, 3.8) is 0 Å². The third-order valence-electron chi connectivity index (χ3n) is 3.48. The molecule has 18 heavy (non-hydrogen) atoms. The first-order valence-electron chi connectivity index (χ1n) is 6.52. The fourth-order valence-corrected chi connectivity index (χ4v) is 2.65. The fourth-order valence-electron chi connectivity index (χ4n) is 2.41. The summed E-state index contributed by atoms with van der Waals surface area (Å²) in [6.45, 7) is 0. The van der Waals surface area contributed by atoms with Gasteiger partial charge in [-0.25, -0.2) is 0 Å². The maximum Gasteiger partial charge on any atom is 0.227 e. The van der Waals surface area contributed by atoms with Gasteiger partial charge in [-0.2, -0.15) is 0 Å². The molecule has 2 rings (SSSR count). The van der Waals surface area contributed by atoms with Crippen LogP contribution in [0.4, 0.5) is 11.4 Å². The minimum absolute atomic E-state index is 0.0866. The van der Waals surface area contributed by atoms with Gasteiger partial charge in [0.15, 0.2) is 0 Å². The van der Waals surface area contributed by atoms with E-state index in [9.17, 15) is 4.79 Å². The molecule has 1 aromatic rings. The molecule has 1 aliphatic rings. The van der Waals surface area contributed by atoms with Crippen molar-refractivity contribution in [2.24, 2.45) is 5.92 Å². The third-order valence-corrected chi connectivity index (χ3v) is 3.79. The number of carbonyl (C=O) groups excluding carboxylic acids is 1. The van der Waals surface area contributed by atoms with Gasteiger partial charge in [-0.05, 0) is 31.0 Å². The molecule has 0 spiro atoms. The van der Waals surface area contributed by atoms with Crippen molar-refractivity contribution in [1.29, 1.82) is 0 Å². The Bertz CT molecular complexity index is 426. The molecular formula is C14H19ClN2O. The Kier molecular flexibility index (Phi) is 4.48. The monoisotopic (exact) mass is 266 g/mol. The number of rotatable bonds is 2. The van der Waals surface area contributed by atoms with Gasteiger partial charge in [0.05, 0.1) is 10.7 Å². The molecular weight excluding hydrogens is 248 g/mol. The van der Waals surface area contributed by atoms with E-state index in [1.807, 2.05) is 0 Å². The highest BCUT2D eigenvalue weighted by Crippen LogP contribution is 2.27. The minimum atomic E-state index is 0.0866. The predicted molar refractivity (Wildman–Crippen MR) is 75.7 cm³/mol. The molecule has 0 heterocycles. The van der Waals surface area contributed by atoms with Gasteiger partial charge in [-0.15, -0.1) is 0 Å². The van der Waals surface area contributed by atoms with Crippen molar-refractivity contribution in [2.75, 3.05) is 11.1 Å². The highest BCUT2D eigenvalue weighted by atomic mass is 35.5. The first kappa shape index (κ1) is 13.2. The van der Waals surface area contributed by atoms with Gasteiger partial charge >= 0.3 is 0 Å². The maximum absolute atomic E-state index is 12.2. The zero-order valence-electron chi connectivity index (χ0n) is 10.4. The summed E-state index contributed by atoms with van der Waals surface area (Å²) < 4.78 is 0. The number of halogens is 1. The summed E-state index contributed by atoms with van der Waals surface area (Å²) in [6, 6.07) is 5.16. The number of hydrogen-bond acceptors (Lipinski definition) is 2. The summed E-state index contributed by atoms with van der Waals surface area (Å²) in [6.07, 6.45) is 6.75. The number of carbonyl (C=O) groups is 1. The standard InChI is InChI=1S/C14H19ClN2O/c15-12-9-11(16)7-8-13(12)17-14(18)10-5-3-1-2-4-6-10/h7-10H,1-6,16H2,(H,17,18). The zero-order valence-corrected chi connectivity index (χ0v) is 11.2. The van der Waals surface area contributed by atoms with E-state index in [1.54, 1.807) is 18.2 Å². The van der Waals surface area contributed by atoms with Crippen LogP contribution in [0.15, 0.2) is 18.2 Å². The van der Waals surface area contributed by atoms with Crippen LogP contribution in [0.5, 0.6) is 0 Å². The van der Waals surface area contributed by atoms with Crippen LogP contribution in [-0.2, 0) is 4.79 Å². The van der Waals surface area contributed by atoms with E-state index < -0.39 is 0 Å². The van der Waals surface area contributed by atoms with Gasteiger partial charge in [0.2, 0.25) is 5.91 Å². The number of hydrogen-bond donors (Lipinski definition) is 2. The van der Waals surface area contributed by atoms with Gasteiger partial charge in [0, 0.05) is 11.6 Å². The molecule has 0 radical (unpaired) electrons. The van der Waals surface area contributed by atoms with Crippen LogP contribution >= 0.6 is 11.6 Å². The van der Waals surface area contributed by atoms with Crippen LogP contribution in [-0.4, -0.2) is 5.91 Å². The largest absolute Gasteiger partial charge is 0.399 e. The lowest BCUT2D eigenvalue weighted by atomic mass is 9.99. The van der Waals surface area contributed by atoms with Crippen molar-refractivity contribution < 1.29 is 4.79 Å². The van der Waals surface area contributed by atoms with Crippen LogP contribution < -0.4 is 11.1 Å². The lowest BCUT2D eigenvalue weighted by molar-refractivity contribution is -0.120. The molecule has 1 aromatic carbocycles. The van der Waals surface area contributed by atoms with E-state index >= 15 is 0 Å². The number of nitrogens with two attached hydrogens (primary N) is 1. The number of nitrogens with one attached hydrogen (secondary N) is 1. The summed E-state index contributed by atoms with van der Waals surface area (Å²) >= 11 is 6.05. The summed E-state index contributed by atoms with van der Waals surface area (Å²) in [7, 11) is 0. The van der Waals surface area contributed by atoms with Crippen LogP contribution in [0.1, 0.15) is 38.5 Å². The fraction of sp³-hybridized carbons (Fsp3) is 0.500. The molecule has 98 valence electrons. The second kappa shape index (κ2) is 6.10. The Morgan fingerprint density at radius 1 is 1.22 bits per heavy atom.